The lowest BCUT2D eigenvalue weighted by Crippen LogP contribution is -2.11. The maximum Gasteiger partial charge on any atom is 0.255 e. The molecule has 0 aliphatic rings. The molecule has 0 bridgehead atoms. The maximum absolute atomic E-state index is 12.4. The van der Waals surface area contributed by atoms with E-state index in [9.17, 15) is 4.79 Å². The van der Waals surface area contributed by atoms with Crippen LogP contribution in [0.1, 0.15) is 15.9 Å². The first-order valence-electron chi connectivity index (χ1n) is 9.98. The highest BCUT2D eigenvalue weighted by Gasteiger charge is 2.08. The van der Waals surface area contributed by atoms with Crippen LogP contribution in [0.3, 0.4) is 0 Å². The number of ether oxygens (including phenoxy) is 1. The Morgan fingerprint density at radius 3 is 1.74 bits per heavy atom. The van der Waals surface area contributed by atoms with Crippen molar-refractivity contribution in [3.05, 3.63) is 120 Å². The van der Waals surface area contributed by atoms with Gasteiger partial charge in [0.2, 0.25) is 5.90 Å². The zero-order chi connectivity index (χ0) is 21.5. The number of anilines is 1. The summed E-state index contributed by atoms with van der Waals surface area (Å²) in [6.45, 7) is 0. The summed E-state index contributed by atoms with van der Waals surface area (Å²) in [4.78, 5) is 17.0. The molecular formula is C27H22N2O2. The molecule has 31 heavy (non-hydrogen) atoms. The fourth-order valence-electron chi connectivity index (χ4n) is 3.19. The molecule has 1 amide bonds. The van der Waals surface area contributed by atoms with Crippen molar-refractivity contribution in [3.63, 3.8) is 0 Å². The van der Waals surface area contributed by atoms with Gasteiger partial charge in [-0.15, -0.1) is 0 Å². The molecular weight excluding hydrogens is 384 g/mol. The van der Waals surface area contributed by atoms with Gasteiger partial charge in [-0.3, -0.25) is 4.79 Å². The van der Waals surface area contributed by atoms with Crippen LogP contribution in [0.4, 0.5) is 11.4 Å². The van der Waals surface area contributed by atoms with Crippen molar-refractivity contribution in [2.45, 2.75) is 0 Å². The summed E-state index contributed by atoms with van der Waals surface area (Å²) in [7, 11) is 1.62. The van der Waals surface area contributed by atoms with Gasteiger partial charge >= 0.3 is 0 Å². The molecule has 4 nitrogen and oxygen atoms in total. The Bertz CT molecular complexity index is 1170. The zero-order valence-corrected chi connectivity index (χ0v) is 17.2. The van der Waals surface area contributed by atoms with E-state index >= 15 is 0 Å². The second-order valence-corrected chi connectivity index (χ2v) is 6.93. The van der Waals surface area contributed by atoms with Gasteiger partial charge in [0.15, 0.2) is 0 Å². The molecule has 0 fully saturated rings. The number of carbonyl (C=O) groups is 1. The average molecular weight is 406 g/mol. The van der Waals surface area contributed by atoms with E-state index in [0.717, 1.165) is 28.1 Å². The number of carbonyl (C=O) groups excluding carboxylic acids is 1. The SMILES string of the molecule is CO/C(=N\c1ccccc1)c1ccc(-c2ccc(C(=O)Nc3ccccc3)cc2)cc1. The van der Waals surface area contributed by atoms with Gasteiger partial charge in [-0.2, -0.15) is 0 Å². The van der Waals surface area contributed by atoms with E-state index in [1.807, 2.05) is 109 Å². The number of hydrogen-bond donors (Lipinski definition) is 1. The number of aliphatic imine (C=N–C) groups is 1. The Morgan fingerprint density at radius 2 is 1.19 bits per heavy atom. The largest absolute Gasteiger partial charge is 0.481 e. The lowest BCUT2D eigenvalue weighted by molar-refractivity contribution is 0.102. The van der Waals surface area contributed by atoms with Crippen molar-refractivity contribution >= 4 is 23.2 Å². The van der Waals surface area contributed by atoms with Crippen LogP contribution in [-0.2, 0) is 4.74 Å². The minimum Gasteiger partial charge on any atom is -0.481 e. The van der Waals surface area contributed by atoms with Crippen LogP contribution in [-0.4, -0.2) is 18.9 Å². The summed E-state index contributed by atoms with van der Waals surface area (Å²) >= 11 is 0. The van der Waals surface area contributed by atoms with Gasteiger partial charge in [0.1, 0.15) is 0 Å². The standard InChI is InChI=1S/C27H22N2O2/c1-31-27(29-25-10-6-3-7-11-25)23-18-14-21(15-19-23)20-12-16-22(17-13-20)26(30)28-24-8-4-2-5-9-24/h2-19H,1H3,(H,28,30)/b29-27-. The van der Waals surface area contributed by atoms with E-state index in [0.29, 0.717) is 11.5 Å². The number of hydrogen-bond acceptors (Lipinski definition) is 3. The maximum atomic E-state index is 12.4. The van der Waals surface area contributed by atoms with Crippen LogP contribution in [0, 0.1) is 0 Å². The number of benzene rings is 4. The van der Waals surface area contributed by atoms with Crippen molar-refractivity contribution in [2.75, 3.05) is 12.4 Å². The van der Waals surface area contributed by atoms with Gasteiger partial charge in [-0.1, -0.05) is 60.7 Å². The third kappa shape index (κ3) is 5.06. The fraction of sp³-hybridized carbons (Fsp3) is 0.0370. The molecule has 4 rings (SSSR count). The quantitative estimate of drug-likeness (QED) is 0.311. The lowest BCUT2D eigenvalue weighted by Gasteiger charge is -2.08. The zero-order valence-electron chi connectivity index (χ0n) is 17.2. The third-order valence-corrected chi connectivity index (χ3v) is 4.82. The molecule has 4 heteroatoms. The monoisotopic (exact) mass is 406 g/mol. The fourth-order valence-corrected chi connectivity index (χ4v) is 3.19. The van der Waals surface area contributed by atoms with Crippen molar-refractivity contribution < 1.29 is 9.53 Å². The minimum atomic E-state index is -0.130. The molecule has 0 spiro atoms. The van der Waals surface area contributed by atoms with Crippen molar-refractivity contribution in [2.24, 2.45) is 4.99 Å². The van der Waals surface area contributed by atoms with Crippen LogP contribution in [0.2, 0.25) is 0 Å². The second kappa shape index (κ2) is 9.55. The van der Waals surface area contributed by atoms with Crippen molar-refractivity contribution in [1.82, 2.24) is 0 Å². The molecule has 4 aromatic rings. The Labute approximate surface area is 181 Å². The van der Waals surface area contributed by atoms with Gasteiger partial charge in [0, 0.05) is 16.8 Å². The molecule has 1 N–H and O–H groups in total. The molecule has 0 saturated carbocycles. The molecule has 0 aliphatic carbocycles. The number of nitrogens with one attached hydrogen (secondary N) is 1. The van der Waals surface area contributed by atoms with Crippen molar-refractivity contribution in [3.8, 4) is 11.1 Å². The Morgan fingerprint density at radius 1 is 0.677 bits per heavy atom. The average Bonchev–Trinajstić information content (AvgIpc) is 2.84. The van der Waals surface area contributed by atoms with E-state index in [-0.39, 0.29) is 5.91 Å². The van der Waals surface area contributed by atoms with Gasteiger partial charge in [0.05, 0.1) is 12.8 Å². The van der Waals surface area contributed by atoms with E-state index in [1.54, 1.807) is 7.11 Å². The Hall–Kier alpha value is -4.18. The first-order valence-corrected chi connectivity index (χ1v) is 9.98. The van der Waals surface area contributed by atoms with Crippen LogP contribution in [0.15, 0.2) is 114 Å². The predicted octanol–water partition coefficient (Wildman–Crippen LogP) is 6.33. The normalized spacial score (nSPS) is 11.1. The van der Waals surface area contributed by atoms with Gasteiger partial charge in [-0.05, 0) is 59.7 Å². The first-order chi connectivity index (χ1) is 15.2. The first kappa shape index (κ1) is 20.1. The molecule has 152 valence electrons. The summed E-state index contributed by atoms with van der Waals surface area (Å²) in [6.07, 6.45) is 0. The molecule has 4 aromatic carbocycles. The van der Waals surface area contributed by atoms with E-state index in [4.69, 9.17) is 4.74 Å². The van der Waals surface area contributed by atoms with Gasteiger partial charge < -0.3 is 10.1 Å². The molecule has 0 saturated heterocycles. The number of amides is 1. The van der Waals surface area contributed by atoms with Gasteiger partial charge in [0.25, 0.3) is 5.91 Å². The van der Waals surface area contributed by atoms with E-state index in [2.05, 4.69) is 10.3 Å². The summed E-state index contributed by atoms with van der Waals surface area (Å²) in [5.41, 5.74) is 5.21. The molecule has 0 radical (unpaired) electrons. The molecule has 0 aromatic heterocycles. The lowest BCUT2D eigenvalue weighted by atomic mass is 10.0. The molecule has 0 unspecified atom stereocenters. The summed E-state index contributed by atoms with van der Waals surface area (Å²) in [5, 5.41) is 2.90. The van der Waals surface area contributed by atoms with Crippen LogP contribution < -0.4 is 5.32 Å². The van der Waals surface area contributed by atoms with Crippen LogP contribution in [0.25, 0.3) is 11.1 Å². The molecule has 0 heterocycles. The topological polar surface area (TPSA) is 50.7 Å². The second-order valence-electron chi connectivity index (χ2n) is 6.93. The third-order valence-electron chi connectivity index (χ3n) is 4.82. The smallest absolute Gasteiger partial charge is 0.255 e. The Balaban J connectivity index is 1.49. The van der Waals surface area contributed by atoms with Crippen molar-refractivity contribution in [1.29, 1.82) is 0 Å². The molecule has 0 atom stereocenters. The summed E-state index contributed by atoms with van der Waals surface area (Å²) in [5.74, 6) is 0.431. The minimum absolute atomic E-state index is 0.130. The van der Waals surface area contributed by atoms with E-state index in [1.165, 1.54) is 0 Å². The Kier molecular flexibility index (Phi) is 6.19. The number of methoxy groups -OCH3 is 1. The van der Waals surface area contributed by atoms with Crippen LogP contribution >= 0.6 is 0 Å². The number of rotatable bonds is 5. The predicted molar refractivity (Wildman–Crippen MR) is 126 cm³/mol. The summed E-state index contributed by atoms with van der Waals surface area (Å²) < 4.78 is 5.48. The number of nitrogens with zero attached hydrogens (tertiary/aromatic N) is 1. The van der Waals surface area contributed by atoms with Gasteiger partial charge in [-0.25, -0.2) is 4.99 Å². The highest BCUT2D eigenvalue weighted by molar-refractivity contribution is 6.04. The van der Waals surface area contributed by atoms with E-state index < -0.39 is 0 Å². The molecule has 0 aliphatic heterocycles. The highest BCUT2D eigenvalue weighted by Crippen LogP contribution is 2.22. The highest BCUT2D eigenvalue weighted by atomic mass is 16.5. The summed E-state index contributed by atoms with van der Waals surface area (Å²) in [6, 6.07) is 34.7. The van der Waals surface area contributed by atoms with Crippen LogP contribution in [0.5, 0.6) is 0 Å². The number of para-hydroxylation sites is 2.